The Labute approximate surface area is 163 Å². The van der Waals surface area contributed by atoms with E-state index < -0.39 is 0 Å². The van der Waals surface area contributed by atoms with E-state index in [1.165, 1.54) is 0 Å². The minimum absolute atomic E-state index is 0.375. The van der Waals surface area contributed by atoms with Crippen LogP contribution in [0, 0.1) is 11.3 Å². The molecule has 1 saturated heterocycles. The lowest BCUT2D eigenvalue weighted by Crippen LogP contribution is -2.35. The molecular weight excluding hydrogens is 350 g/mol. The Bertz CT molecular complexity index is 955. The highest BCUT2D eigenvalue weighted by Crippen LogP contribution is 2.28. The van der Waals surface area contributed by atoms with E-state index in [1.54, 1.807) is 18.3 Å². The van der Waals surface area contributed by atoms with Crippen LogP contribution >= 0.6 is 0 Å². The Morgan fingerprint density at radius 1 is 0.964 bits per heavy atom. The monoisotopic (exact) mass is 371 g/mol. The SMILES string of the molecule is N#Cc1ccc(Nc2ncc(-c3ccccc3NC3CCNCC3)cn2)cn1. The van der Waals surface area contributed by atoms with Crippen LogP contribution in [0.15, 0.2) is 55.0 Å². The van der Waals surface area contributed by atoms with Gasteiger partial charge in [0.05, 0.1) is 11.9 Å². The largest absolute Gasteiger partial charge is 0.382 e. The summed E-state index contributed by atoms with van der Waals surface area (Å²) < 4.78 is 0. The van der Waals surface area contributed by atoms with Crippen molar-refractivity contribution in [3.05, 3.63) is 60.7 Å². The molecule has 4 rings (SSSR count). The number of aromatic nitrogens is 3. The summed E-state index contributed by atoms with van der Waals surface area (Å²) in [5.74, 6) is 0.485. The summed E-state index contributed by atoms with van der Waals surface area (Å²) in [6, 6.07) is 14.2. The van der Waals surface area contributed by atoms with Crippen molar-refractivity contribution in [3.8, 4) is 17.2 Å². The molecule has 1 aromatic carbocycles. The third-order valence-corrected chi connectivity index (χ3v) is 4.72. The van der Waals surface area contributed by atoms with Crippen LogP contribution in [0.4, 0.5) is 17.3 Å². The van der Waals surface area contributed by atoms with Gasteiger partial charge in [0.15, 0.2) is 0 Å². The molecule has 0 amide bonds. The molecule has 0 unspecified atom stereocenters. The van der Waals surface area contributed by atoms with Crippen LogP contribution in [0.25, 0.3) is 11.1 Å². The maximum absolute atomic E-state index is 8.82. The van der Waals surface area contributed by atoms with Gasteiger partial charge in [-0.1, -0.05) is 18.2 Å². The van der Waals surface area contributed by atoms with Crippen LogP contribution in [0.1, 0.15) is 18.5 Å². The summed E-state index contributed by atoms with van der Waals surface area (Å²) in [4.78, 5) is 12.9. The molecule has 3 N–H and O–H groups in total. The Morgan fingerprint density at radius 2 is 1.75 bits per heavy atom. The quantitative estimate of drug-likeness (QED) is 0.633. The van der Waals surface area contributed by atoms with Crippen molar-refractivity contribution in [1.82, 2.24) is 20.3 Å². The highest BCUT2D eigenvalue weighted by molar-refractivity contribution is 5.77. The van der Waals surface area contributed by atoms with E-state index in [-0.39, 0.29) is 0 Å². The number of rotatable bonds is 5. The van der Waals surface area contributed by atoms with Crippen LogP contribution in [-0.2, 0) is 0 Å². The van der Waals surface area contributed by atoms with E-state index in [9.17, 15) is 0 Å². The number of nitriles is 1. The highest BCUT2D eigenvalue weighted by atomic mass is 15.1. The number of anilines is 3. The summed E-state index contributed by atoms with van der Waals surface area (Å²) in [6.45, 7) is 2.10. The number of nitrogens with one attached hydrogen (secondary N) is 3. The van der Waals surface area contributed by atoms with Gasteiger partial charge in [-0.05, 0) is 44.1 Å². The third kappa shape index (κ3) is 4.24. The molecule has 3 heterocycles. The molecule has 140 valence electrons. The second kappa shape index (κ2) is 8.46. The Morgan fingerprint density at radius 3 is 2.46 bits per heavy atom. The molecule has 0 spiro atoms. The molecule has 28 heavy (non-hydrogen) atoms. The lowest BCUT2D eigenvalue weighted by atomic mass is 10.0. The van der Waals surface area contributed by atoms with Crippen LogP contribution in [-0.4, -0.2) is 34.1 Å². The highest BCUT2D eigenvalue weighted by Gasteiger charge is 2.14. The number of hydrogen-bond acceptors (Lipinski definition) is 7. The molecule has 7 nitrogen and oxygen atoms in total. The van der Waals surface area contributed by atoms with Crippen LogP contribution in [0.2, 0.25) is 0 Å². The molecule has 0 aliphatic carbocycles. The zero-order valence-corrected chi connectivity index (χ0v) is 15.4. The van der Waals surface area contributed by atoms with Crippen molar-refractivity contribution in [2.24, 2.45) is 0 Å². The second-order valence-electron chi connectivity index (χ2n) is 6.68. The van der Waals surface area contributed by atoms with Crippen molar-refractivity contribution in [1.29, 1.82) is 5.26 Å². The van der Waals surface area contributed by atoms with Gasteiger partial charge in [0, 0.05) is 35.2 Å². The summed E-state index contributed by atoms with van der Waals surface area (Å²) in [5, 5.41) is 19.0. The lowest BCUT2D eigenvalue weighted by molar-refractivity contribution is 0.479. The van der Waals surface area contributed by atoms with Gasteiger partial charge in [0.2, 0.25) is 5.95 Å². The minimum atomic E-state index is 0.375. The number of benzene rings is 1. The van der Waals surface area contributed by atoms with Crippen LogP contribution < -0.4 is 16.0 Å². The van der Waals surface area contributed by atoms with Crippen LogP contribution in [0.3, 0.4) is 0 Å². The van der Waals surface area contributed by atoms with Gasteiger partial charge in [-0.2, -0.15) is 5.26 Å². The average molecular weight is 371 g/mol. The Balaban J connectivity index is 1.49. The van der Waals surface area contributed by atoms with Gasteiger partial charge in [-0.25, -0.2) is 15.0 Å². The van der Waals surface area contributed by atoms with Gasteiger partial charge in [0.1, 0.15) is 11.8 Å². The maximum Gasteiger partial charge on any atom is 0.227 e. The fourth-order valence-corrected chi connectivity index (χ4v) is 3.24. The van der Waals surface area contributed by atoms with Crippen molar-refractivity contribution in [2.75, 3.05) is 23.7 Å². The maximum atomic E-state index is 8.82. The predicted octanol–water partition coefficient (Wildman–Crippen LogP) is 3.32. The van der Waals surface area contributed by atoms with Crippen molar-refractivity contribution in [2.45, 2.75) is 18.9 Å². The number of pyridine rings is 1. The fraction of sp³-hybridized carbons (Fsp3) is 0.238. The first-order valence-electron chi connectivity index (χ1n) is 9.34. The molecule has 2 aromatic heterocycles. The molecule has 0 radical (unpaired) electrons. The molecule has 1 aliphatic rings. The summed E-state index contributed by atoms with van der Waals surface area (Å²) in [6.07, 6.45) is 7.46. The first-order chi connectivity index (χ1) is 13.8. The molecular formula is C21H21N7. The number of hydrogen-bond donors (Lipinski definition) is 3. The van der Waals surface area contributed by atoms with E-state index in [0.717, 1.165) is 48.4 Å². The molecule has 1 aliphatic heterocycles. The molecule has 7 heteroatoms. The van der Waals surface area contributed by atoms with E-state index in [4.69, 9.17) is 5.26 Å². The molecule has 0 atom stereocenters. The van der Waals surface area contributed by atoms with E-state index in [2.05, 4.69) is 43.0 Å². The smallest absolute Gasteiger partial charge is 0.227 e. The lowest BCUT2D eigenvalue weighted by Gasteiger charge is -2.25. The van der Waals surface area contributed by atoms with Crippen molar-refractivity contribution in [3.63, 3.8) is 0 Å². The van der Waals surface area contributed by atoms with Gasteiger partial charge < -0.3 is 16.0 Å². The van der Waals surface area contributed by atoms with E-state index >= 15 is 0 Å². The van der Waals surface area contributed by atoms with E-state index in [0.29, 0.717) is 17.7 Å². The fourth-order valence-electron chi connectivity index (χ4n) is 3.24. The van der Waals surface area contributed by atoms with Crippen LogP contribution in [0.5, 0.6) is 0 Å². The van der Waals surface area contributed by atoms with Gasteiger partial charge in [0.25, 0.3) is 0 Å². The zero-order valence-electron chi connectivity index (χ0n) is 15.4. The summed E-state index contributed by atoms with van der Waals surface area (Å²) in [7, 11) is 0. The topological polar surface area (TPSA) is 98.5 Å². The molecule has 1 fully saturated rings. The van der Waals surface area contributed by atoms with E-state index in [1.807, 2.05) is 30.6 Å². The summed E-state index contributed by atoms with van der Waals surface area (Å²) >= 11 is 0. The van der Waals surface area contributed by atoms with Crippen molar-refractivity contribution >= 4 is 17.3 Å². The molecule has 0 saturated carbocycles. The standard InChI is InChI=1S/C21H21N7/c22-11-17-5-6-18(14-24-17)28-21-25-12-15(13-26-21)19-3-1-2-4-20(19)27-16-7-9-23-10-8-16/h1-6,12-14,16,23,27H,7-10H2,(H,25,26,28). The molecule has 0 bridgehead atoms. The molecule has 3 aromatic rings. The van der Waals surface area contributed by atoms with Gasteiger partial charge >= 0.3 is 0 Å². The van der Waals surface area contributed by atoms with Crippen molar-refractivity contribution < 1.29 is 0 Å². The summed E-state index contributed by atoms with van der Waals surface area (Å²) in [5.41, 5.74) is 4.27. The normalized spacial score (nSPS) is 14.2. The van der Waals surface area contributed by atoms with Gasteiger partial charge in [-0.15, -0.1) is 0 Å². The Hall–Kier alpha value is -3.50. The predicted molar refractivity (Wildman–Crippen MR) is 109 cm³/mol. The Kier molecular flexibility index (Phi) is 5.41. The minimum Gasteiger partial charge on any atom is -0.382 e. The number of piperidine rings is 1. The number of nitrogens with zero attached hydrogens (tertiary/aromatic N) is 4. The first kappa shape index (κ1) is 17.9. The zero-order chi connectivity index (χ0) is 19.2. The average Bonchev–Trinajstić information content (AvgIpc) is 2.76. The number of para-hydroxylation sites is 1. The van der Waals surface area contributed by atoms with Gasteiger partial charge in [-0.3, -0.25) is 0 Å². The third-order valence-electron chi connectivity index (χ3n) is 4.72. The first-order valence-corrected chi connectivity index (χ1v) is 9.34. The second-order valence-corrected chi connectivity index (χ2v) is 6.68.